The van der Waals surface area contributed by atoms with Crippen LogP contribution in [0.2, 0.25) is 0 Å². The number of nitrogens with zero attached hydrogens (tertiary/aromatic N) is 3. The molecule has 0 radical (unpaired) electrons. The number of pyridine rings is 2. The first-order valence-electron chi connectivity index (χ1n) is 23.8. The van der Waals surface area contributed by atoms with Gasteiger partial charge in [-0.2, -0.15) is 0 Å². The number of hydrogen-bond donors (Lipinski definition) is 0. The molecule has 0 N–H and O–H groups in total. The molecule has 4 nitrogen and oxygen atoms in total. The molecule has 0 saturated carbocycles. The molecule has 0 bridgehead atoms. The van der Waals surface area contributed by atoms with E-state index in [1.54, 1.807) is 11.3 Å². The fourth-order valence-corrected chi connectivity index (χ4v) is 10.8. The number of aromatic nitrogens is 3. The van der Waals surface area contributed by atoms with E-state index in [2.05, 4.69) is 196 Å². The Morgan fingerprint density at radius 2 is 1.06 bits per heavy atom. The number of fused-ring (bicyclic) bond motifs is 4. The molecule has 12 aromatic rings. The first-order chi connectivity index (χ1) is 35.1. The maximum Gasteiger partial charge on any atom is 0.143 e. The molecule has 336 valence electrons. The van der Waals surface area contributed by atoms with Gasteiger partial charge in [-0.3, -0.25) is 4.98 Å². The normalized spacial score (nSPS) is 12.0. The van der Waals surface area contributed by atoms with Gasteiger partial charge in [0, 0.05) is 61.5 Å². The van der Waals surface area contributed by atoms with Crippen molar-refractivity contribution in [3.05, 3.63) is 261 Å². The summed E-state index contributed by atoms with van der Waals surface area (Å²) < 4.78 is 7.55. The summed E-state index contributed by atoms with van der Waals surface area (Å²) in [6, 6.07) is 76.1. The minimum Gasteiger partial charge on any atom is -0.455 e. The Kier molecular flexibility index (Phi) is 11.5. The molecule has 0 aliphatic rings. The minimum absolute atomic E-state index is 0.892. The van der Waals surface area contributed by atoms with E-state index < -0.39 is 0 Å². The second-order valence-corrected chi connectivity index (χ2v) is 18.6. The Bertz CT molecular complexity index is 3980. The van der Waals surface area contributed by atoms with Gasteiger partial charge in [-0.15, -0.1) is 11.3 Å². The molecule has 0 fully saturated rings. The maximum atomic E-state index is 6.42. The third kappa shape index (κ3) is 8.29. The van der Waals surface area contributed by atoms with Crippen LogP contribution in [0.15, 0.2) is 254 Å². The topological polar surface area (TPSA) is 51.8 Å². The van der Waals surface area contributed by atoms with E-state index in [9.17, 15) is 0 Å². The van der Waals surface area contributed by atoms with Crippen molar-refractivity contribution in [2.75, 3.05) is 0 Å². The van der Waals surface area contributed by atoms with Crippen molar-refractivity contribution in [3.63, 3.8) is 0 Å². The van der Waals surface area contributed by atoms with Crippen molar-refractivity contribution in [1.82, 2.24) is 15.0 Å². The van der Waals surface area contributed by atoms with E-state index in [4.69, 9.17) is 19.4 Å². The van der Waals surface area contributed by atoms with Gasteiger partial charge in [-0.25, -0.2) is 9.97 Å². The summed E-state index contributed by atoms with van der Waals surface area (Å²) >= 11 is 1.73. The Hall–Kier alpha value is -9.03. The van der Waals surface area contributed by atoms with Gasteiger partial charge in [0.05, 0.1) is 27.3 Å². The molecule has 0 saturated heterocycles. The van der Waals surface area contributed by atoms with Crippen LogP contribution in [0.25, 0.3) is 121 Å². The number of hydrogen-bond acceptors (Lipinski definition) is 5. The van der Waals surface area contributed by atoms with Gasteiger partial charge in [-0.05, 0) is 58.5 Å². The lowest BCUT2D eigenvalue weighted by atomic mass is 9.95. The van der Waals surface area contributed by atoms with Crippen LogP contribution in [0.1, 0.15) is 18.1 Å². The average molecular weight is 928 g/mol. The molecular weight excluding hydrogens is 883 g/mol. The van der Waals surface area contributed by atoms with Crippen molar-refractivity contribution in [3.8, 4) is 77.7 Å². The highest BCUT2D eigenvalue weighted by Crippen LogP contribution is 2.43. The Labute approximate surface area is 417 Å². The van der Waals surface area contributed by atoms with E-state index >= 15 is 0 Å². The Balaban J connectivity index is 0.948. The van der Waals surface area contributed by atoms with E-state index in [1.165, 1.54) is 0 Å². The van der Waals surface area contributed by atoms with Crippen molar-refractivity contribution >= 4 is 54.6 Å². The van der Waals surface area contributed by atoms with E-state index in [-0.39, 0.29) is 0 Å². The maximum absolute atomic E-state index is 6.42. The highest BCUT2D eigenvalue weighted by Gasteiger charge is 2.19. The third-order valence-electron chi connectivity index (χ3n) is 13.2. The van der Waals surface area contributed by atoms with Crippen LogP contribution in [-0.4, -0.2) is 15.0 Å². The predicted molar refractivity (Wildman–Crippen MR) is 299 cm³/mol. The fraction of sp³-hybridized carbons (Fsp3) is 0.0152. The van der Waals surface area contributed by atoms with E-state index in [0.717, 1.165) is 132 Å². The molecule has 0 amide bonds. The number of rotatable bonds is 11. The fourth-order valence-electron chi connectivity index (χ4n) is 9.58. The predicted octanol–water partition coefficient (Wildman–Crippen LogP) is 18.3. The minimum atomic E-state index is 0.892. The molecule has 0 unspecified atom stereocenters. The smallest absolute Gasteiger partial charge is 0.143 e. The summed E-state index contributed by atoms with van der Waals surface area (Å²) in [5, 5.41) is 3.19. The van der Waals surface area contributed by atoms with Crippen LogP contribution in [0.5, 0.6) is 0 Å². The molecule has 0 aliphatic heterocycles. The monoisotopic (exact) mass is 927 g/mol. The molecule has 0 spiro atoms. The Morgan fingerprint density at radius 3 is 1.77 bits per heavy atom. The number of allylic oxidation sites excluding steroid dienone is 5. The second kappa shape index (κ2) is 18.8. The van der Waals surface area contributed by atoms with Gasteiger partial charge in [0.1, 0.15) is 16.2 Å². The molecule has 8 aromatic carbocycles. The molecular formula is C66H45N3OS. The highest BCUT2D eigenvalue weighted by atomic mass is 32.1. The van der Waals surface area contributed by atoms with Crippen LogP contribution in [0.4, 0.5) is 0 Å². The van der Waals surface area contributed by atoms with E-state index in [0.29, 0.717) is 0 Å². The molecule has 4 aromatic heterocycles. The van der Waals surface area contributed by atoms with Gasteiger partial charge >= 0.3 is 0 Å². The third-order valence-corrected chi connectivity index (χ3v) is 14.4. The summed E-state index contributed by atoms with van der Waals surface area (Å²) in [5.41, 5.74) is 20.6. The summed E-state index contributed by atoms with van der Waals surface area (Å²) in [4.78, 5) is 15.5. The lowest BCUT2D eigenvalue weighted by molar-refractivity contribution is 0.670. The van der Waals surface area contributed by atoms with Crippen molar-refractivity contribution in [2.24, 2.45) is 0 Å². The van der Waals surface area contributed by atoms with Gasteiger partial charge in [0.25, 0.3) is 0 Å². The number of furan rings is 1. The van der Waals surface area contributed by atoms with Gasteiger partial charge < -0.3 is 4.42 Å². The van der Waals surface area contributed by atoms with Crippen molar-refractivity contribution < 1.29 is 4.42 Å². The van der Waals surface area contributed by atoms with Gasteiger partial charge in [-0.1, -0.05) is 225 Å². The zero-order valence-corrected chi connectivity index (χ0v) is 39.8. The van der Waals surface area contributed by atoms with Crippen LogP contribution < -0.4 is 0 Å². The molecule has 4 heterocycles. The molecule has 0 aliphatic carbocycles. The second-order valence-electron chi connectivity index (χ2n) is 17.6. The average Bonchev–Trinajstić information content (AvgIpc) is 4.07. The van der Waals surface area contributed by atoms with Crippen LogP contribution in [0.3, 0.4) is 0 Å². The van der Waals surface area contributed by atoms with Gasteiger partial charge in [0.15, 0.2) is 0 Å². The lowest BCUT2D eigenvalue weighted by Gasteiger charge is -2.13. The highest BCUT2D eigenvalue weighted by molar-refractivity contribution is 7.22. The summed E-state index contributed by atoms with van der Waals surface area (Å²) in [6.07, 6.45) is 8.15. The molecule has 5 heteroatoms. The first kappa shape index (κ1) is 43.3. The van der Waals surface area contributed by atoms with Gasteiger partial charge in [0.2, 0.25) is 0 Å². The van der Waals surface area contributed by atoms with Crippen LogP contribution >= 0.6 is 11.3 Å². The number of benzene rings is 8. The van der Waals surface area contributed by atoms with Crippen LogP contribution in [0, 0.1) is 0 Å². The Morgan fingerprint density at radius 1 is 0.465 bits per heavy atom. The number of para-hydroxylation sites is 2. The zero-order valence-electron chi connectivity index (χ0n) is 39.0. The van der Waals surface area contributed by atoms with Crippen molar-refractivity contribution in [1.29, 1.82) is 0 Å². The standard InChI is InChI=1S/C66H45N3OS/c1-3-44(54-40-41-59(48-17-7-4-8-18-48)68-62(54)50-21-11-6-12-22-50)29-28-43(2)52-38-39-55(46-32-30-45(31-33-46)53-26-16-42-67-61(53)49-19-9-5-10-20-49)63-65(52)71-66(69-63)51-36-34-47(35-37-51)56-24-15-25-58-57-23-13-14-27-60(57)70-64(56)58/h3-42H,1H2,2H3/b43-28+,44-29+. The largest absolute Gasteiger partial charge is 0.455 e. The summed E-state index contributed by atoms with van der Waals surface area (Å²) in [5.74, 6) is 0. The lowest BCUT2D eigenvalue weighted by Crippen LogP contribution is -1.95. The SMILES string of the molecule is C=C/C(=C\C=C(/C)c1ccc(-c2ccc(-c3cccnc3-c3ccccc3)cc2)c2nc(-c3ccc(-c4cccc5c4oc4ccccc45)cc3)sc12)c1ccc(-c2ccccc2)nc1-c1ccccc1. The summed E-state index contributed by atoms with van der Waals surface area (Å²) in [7, 11) is 0. The summed E-state index contributed by atoms with van der Waals surface area (Å²) in [6.45, 7) is 6.47. The molecule has 0 atom stereocenters. The molecule has 12 rings (SSSR count). The number of thiazole rings is 1. The van der Waals surface area contributed by atoms with E-state index in [1.807, 2.05) is 60.8 Å². The van der Waals surface area contributed by atoms with Crippen LogP contribution in [-0.2, 0) is 0 Å². The molecule has 71 heavy (non-hydrogen) atoms. The first-order valence-corrected chi connectivity index (χ1v) is 24.6. The zero-order chi connectivity index (χ0) is 47.7. The van der Waals surface area contributed by atoms with Crippen molar-refractivity contribution in [2.45, 2.75) is 6.92 Å². The quantitative estimate of drug-likeness (QED) is 0.121.